The average molecular weight is 413 g/mol. The largest absolute Gasteiger partial charge is 0.467 e. The van der Waals surface area contributed by atoms with Crippen LogP contribution in [-0.2, 0) is 24.1 Å². The summed E-state index contributed by atoms with van der Waals surface area (Å²) in [6.07, 6.45) is 5.23. The Hall–Kier alpha value is -1.96. The lowest BCUT2D eigenvalue weighted by Crippen LogP contribution is -2.36. The lowest BCUT2D eigenvalue weighted by atomic mass is 9.89. The fourth-order valence-electron chi connectivity index (χ4n) is 4.33. The van der Waals surface area contributed by atoms with Crippen LogP contribution in [0.5, 0.6) is 0 Å². The summed E-state index contributed by atoms with van der Waals surface area (Å²) in [4.78, 5) is 15.0. The molecule has 154 valence electrons. The first-order valence-electron chi connectivity index (χ1n) is 10.6. The molecular formula is C22H28N4O2S. The first-order valence-corrected chi connectivity index (χ1v) is 11.4. The summed E-state index contributed by atoms with van der Waals surface area (Å²) in [7, 11) is 0. The maximum atomic E-state index is 5.61. The molecule has 1 N–H and O–H groups in total. The number of thiophene rings is 1. The van der Waals surface area contributed by atoms with Crippen LogP contribution in [0, 0.1) is 5.92 Å². The van der Waals surface area contributed by atoms with Crippen molar-refractivity contribution in [3.8, 4) is 0 Å². The standard InChI is InChI=1S/C22H28N4O2S/c1-14-5-6-16-18(12-14)29-22-20(16)21(23-15(2)17-4-3-9-28-17)24-19(25-22)13-26-7-10-27-11-8-26/h3-4,9,14-15H,5-8,10-13H2,1-2H3,(H,23,24,25)/t14-,15+/m1/s1. The summed E-state index contributed by atoms with van der Waals surface area (Å²) >= 11 is 1.86. The number of morpholine rings is 1. The zero-order valence-electron chi connectivity index (χ0n) is 17.1. The van der Waals surface area contributed by atoms with E-state index in [-0.39, 0.29) is 6.04 Å². The molecule has 1 saturated heterocycles. The summed E-state index contributed by atoms with van der Waals surface area (Å²) in [6.45, 7) is 8.68. The normalized spacial score (nSPS) is 21.2. The number of aromatic nitrogens is 2. The van der Waals surface area contributed by atoms with Gasteiger partial charge in [0.1, 0.15) is 22.2 Å². The molecule has 0 amide bonds. The maximum Gasteiger partial charge on any atom is 0.146 e. The number of anilines is 1. The van der Waals surface area contributed by atoms with Gasteiger partial charge in [-0.2, -0.15) is 0 Å². The number of rotatable bonds is 5. The first-order chi connectivity index (χ1) is 14.2. The van der Waals surface area contributed by atoms with Crippen LogP contribution in [-0.4, -0.2) is 41.2 Å². The molecule has 3 aromatic rings. The van der Waals surface area contributed by atoms with Gasteiger partial charge in [-0.15, -0.1) is 11.3 Å². The van der Waals surface area contributed by atoms with E-state index in [2.05, 4.69) is 24.1 Å². The zero-order chi connectivity index (χ0) is 19.8. The highest BCUT2D eigenvalue weighted by molar-refractivity contribution is 7.19. The van der Waals surface area contributed by atoms with Gasteiger partial charge >= 0.3 is 0 Å². The monoisotopic (exact) mass is 412 g/mol. The van der Waals surface area contributed by atoms with Crippen LogP contribution in [0.4, 0.5) is 5.82 Å². The number of nitrogens with zero attached hydrogens (tertiary/aromatic N) is 3. The molecule has 7 heteroatoms. The van der Waals surface area contributed by atoms with Gasteiger partial charge in [0, 0.05) is 18.0 Å². The maximum absolute atomic E-state index is 5.61. The van der Waals surface area contributed by atoms with Gasteiger partial charge in [0.25, 0.3) is 0 Å². The molecule has 0 bridgehead atoms. The minimum absolute atomic E-state index is 0.0531. The molecule has 1 fully saturated rings. The zero-order valence-corrected chi connectivity index (χ0v) is 17.9. The van der Waals surface area contributed by atoms with E-state index in [4.69, 9.17) is 19.1 Å². The lowest BCUT2D eigenvalue weighted by Gasteiger charge is -2.26. The third-order valence-corrected chi connectivity index (χ3v) is 7.14. The van der Waals surface area contributed by atoms with Crippen molar-refractivity contribution in [1.29, 1.82) is 0 Å². The van der Waals surface area contributed by atoms with E-state index in [1.54, 1.807) is 6.26 Å². The Bertz CT molecular complexity index is 979. The Kier molecular flexibility index (Phi) is 5.28. The first kappa shape index (κ1) is 19.0. The minimum Gasteiger partial charge on any atom is -0.467 e. The highest BCUT2D eigenvalue weighted by atomic mass is 32.1. The Morgan fingerprint density at radius 2 is 2.17 bits per heavy atom. The van der Waals surface area contributed by atoms with Crippen molar-refractivity contribution >= 4 is 27.4 Å². The average Bonchev–Trinajstić information content (AvgIpc) is 3.36. The second-order valence-corrected chi connectivity index (χ2v) is 9.37. The van der Waals surface area contributed by atoms with Crippen LogP contribution in [0.3, 0.4) is 0 Å². The number of ether oxygens (including phenoxy) is 1. The van der Waals surface area contributed by atoms with Gasteiger partial charge in [-0.25, -0.2) is 9.97 Å². The van der Waals surface area contributed by atoms with Crippen molar-refractivity contribution in [2.75, 3.05) is 31.6 Å². The Morgan fingerprint density at radius 3 is 2.97 bits per heavy atom. The van der Waals surface area contributed by atoms with Gasteiger partial charge in [-0.1, -0.05) is 6.92 Å². The summed E-state index contributed by atoms with van der Waals surface area (Å²) < 4.78 is 11.1. The molecule has 6 nitrogen and oxygen atoms in total. The van der Waals surface area contributed by atoms with E-state index in [0.29, 0.717) is 0 Å². The van der Waals surface area contributed by atoms with Crippen LogP contribution in [0.1, 0.15) is 48.3 Å². The minimum atomic E-state index is 0.0531. The predicted molar refractivity (Wildman–Crippen MR) is 115 cm³/mol. The molecule has 0 unspecified atom stereocenters. The number of fused-ring (bicyclic) bond motifs is 3. The van der Waals surface area contributed by atoms with E-state index in [1.165, 1.54) is 22.2 Å². The Balaban J connectivity index is 1.53. The van der Waals surface area contributed by atoms with Gasteiger partial charge in [0.05, 0.1) is 37.4 Å². The molecule has 3 aromatic heterocycles. The van der Waals surface area contributed by atoms with E-state index in [0.717, 1.165) is 73.8 Å². The van der Waals surface area contributed by atoms with E-state index < -0.39 is 0 Å². The smallest absolute Gasteiger partial charge is 0.146 e. The van der Waals surface area contributed by atoms with Crippen molar-refractivity contribution < 1.29 is 9.15 Å². The molecule has 2 atom stereocenters. The lowest BCUT2D eigenvalue weighted by molar-refractivity contribution is 0.0331. The SMILES string of the molecule is C[C@@H]1CCc2c(sc3nc(CN4CCOCC4)nc(N[C@@H](C)c4ccco4)c23)C1. The molecule has 2 aliphatic rings. The Morgan fingerprint density at radius 1 is 1.31 bits per heavy atom. The quantitative estimate of drug-likeness (QED) is 0.670. The van der Waals surface area contributed by atoms with E-state index in [9.17, 15) is 0 Å². The van der Waals surface area contributed by atoms with Crippen LogP contribution >= 0.6 is 11.3 Å². The van der Waals surface area contributed by atoms with Gasteiger partial charge in [0.2, 0.25) is 0 Å². The topological polar surface area (TPSA) is 63.4 Å². The van der Waals surface area contributed by atoms with Crippen LogP contribution in [0.2, 0.25) is 0 Å². The van der Waals surface area contributed by atoms with Gasteiger partial charge < -0.3 is 14.5 Å². The van der Waals surface area contributed by atoms with Crippen molar-refractivity contribution in [2.45, 2.75) is 45.7 Å². The summed E-state index contributed by atoms with van der Waals surface area (Å²) in [5, 5.41) is 4.85. The molecule has 0 radical (unpaired) electrons. The molecule has 0 saturated carbocycles. The Labute approximate surface area is 175 Å². The number of nitrogens with one attached hydrogen (secondary N) is 1. The van der Waals surface area contributed by atoms with Crippen LogP contribution < -0.4 is 5.32 Å². The summed E-state index contributed by atoms with van der Waals surface area (Å²) in [5.74, 6) is 3.51. The highest BCUT2D eigenvalue weighted by Crippen LogP contribution is 2.40. The molecule has 4 heterocycles. The van der Waals surface area contributed by atoms with E-state index in [1.807, 2.05) is 23.5 Å². The number of aryl methyl sites for hydroxylation is 1. The van der Waals surface area contributed by atoms with E-state index >= 15 is 0 Å². The molecule has 0 spiro atoms. The number of furan rings is 1. The van der Waals surface area contributed by atoms with Crippen molar-refractivity contribution in [3.05, 3.63) is 40.4 Å². The van der Waals surface area contributed by atoms with Gasteiger partial charge in [-0.3, -0.25) is 4.90 Å². The number of hydrogen-bond acceptors (Lipinski definition) is 7. The van der Waals surface area contributed by atoms with Gasteiger partial charge in [-0.05, 0) is 49.8 Å². The third kappa shape index (κ3) is 3.91. The van der Waals surface area contributed by atoms with Crippen LogP contribution in [0.25, 0.3) is 10.2 Å². The molecule has 1 aliphatic carbocycles. The highest BCUT2D eigenvalue weighted by Gasteiger charge is 2.25. The predicted octanol–water partition coefficient (Wildman–Crippen LogP) is 4.41. The van der Waals surface area contributed by atoms with Crippen LogP contribution in [0.15, 0.2) is 22.8 Å². The fourth-order valence-corrected chi connectivity index (χ4v) is 5.74. The second kappa shape index (κ2) is 8.05. The van der Waals surface area contributed by atoms with Gasteiger partial charge in [0.15, 0.2) is 0 Å². The number of hydrogen-bond donors (Lipinski definition) is 1. The fraction of sp³-hybridized carbons (Fsp3) is 0.545. The third-order valence-electron chi connectivity index (χ3n) is 5.99. The molecule has 1 aliphatic heterocycles. The summed E-state index contributed by atoms with van der Waals surface area (Å²) in [5.41, 5.74) is 1.45. The summed E-state index contributed by atoms with van der Waals surface area (Å²) in [6, 6.07) is 3.99. The molecular weight excluding hydrogens is 384 g/mol. The van der Waals surface area contributed by atoms with Crippen molar-refractivity contribution in [1.82, 2.24) is 14.9 Å². The second-order valence-electron chi connectivity index (χ2n) is 8.29. The molecule has 29 heavy (non-hydrogen) atoms. The molecule has 5 rings (SSSR count). The molecule has 0 aromatic carbocycles. The van der Waals surface area contributed by atoms with Crippen molar-refractivity contribution in [2.24, 2.45) is 5.92 Å². The van der Waals surface area contributed by atoms with Crippen molar-refractivity contribution in [3.63, 3.8) is 0 Å².